The maximum Gasteiger partial charge on any atom is 0.420 e. The van der Waals surface area contributed by atoms with E-state index in [0.717, 1.165) is 24.3 Å². The Kier molecular flexibility index (Phi) is 7.17. The Morgan fingerprint density at radius 2 is 1.90 bits per heavy atom. The van der Waals surface area contributed by atoms with Crippen LogP contribution in [0.4, 0.5) is 18.9 Å². The standard InChI is InChI=1S/C22H21F3N2O3S/c1-2-3-6-11-29-18-10-9-15(13-16(18)22(23,24)25)26-21(31)27-20(28)19-12-14-7-4-5-8-17(14)30-19/h4-5,7-10,12-13H,2-3,6,11H2,1H3,(H2,26,27,28,31). The normalized spacial score (nSPS) is 11.4. The monoisotopic (exact) mass is 450 g/mol. The van der Waals surface area contributed by atoms with E-state index in [0.29, 0.717) is 12.0 Å². The van der Waals surface area contributed by atoms with Gasteiger partial charge in [0.15, 0.2) is 10.9 Å². The van der Waals surface area contributed by atoms with Gasteiger partial charge in [-0.1, -0.05) is 38.0 Å². The fourth-order valence-electron chi connectivity index (χ4n) is 2.91. The molecular formula is C22H21F3N2O3S. The number of furan rings is 1. The van der Waals surface area contributed by atoms with Gasteiger partial charge in [0, 0.05) is 11.1 Å². The number of carbonyl (C=O) groups excluding carboxylic acids is 1. The second kappa shape index (κ2) is 9.82. The van der Waals surface area contributed by atoms with Crippen LogP contribution in [-0.2, 0) is 6.18 Å². The molecule has 0 spiro atoms. The van der Waals surface area contributed by atoms with Crippen LogP contribution in [0.3, 0.4) is 0 Å². The number of carbonyl (C=O) groups is 1. The van der Waals surface area contributed by atoms with Crippen LogP contribution in [0.1, 0.15) is 42.3 Å². The molecule has 2 N–H and O–H groups in total. The van der Waals surface area contributed by atoms with E-state index >= 15 is 0 Å². The lowest BCUT2D eigenvalue weighted by atomic mass is 10.1. The number of anilines is 1. The first-order chi connectivity index (χ1) is 14.8. The van der Waals surface area contributed by atoms with E-state index in [1.54, 1.807) is 30.3 Å². The van der Waals surface area contributed by atoms with Crippen LogP contribution in [0.25, 0.3) is 11.0 Å². The second-order valence-corrected chi connectivity index (χ2v) is 7.23. The van der Waals surface area contributed by atoms with Crippen LogP contribution in [0.15, 0.2) is 52.9 Å². The van der Waals surface area contributed by atoms with E-state index < -0.39 is 17.6 Å². The molecular weight excluding hydrogens is 429 g/mol. The fourth-order valence-corrected chi connectivity index (χ4v) is 3.12. The Bertz CT molecular complexity index is 1050. The molecule has 1 aromatic heterocycles. The molecule has 31 heavy (non-hydrogen) atoms. The maximum atomic E-state index is 13.5. The minimum atomic E-state index is -4.60. The molecule has 0 fully saturated rings. The predicted octanol–water partition coefficient (Wildman–Crippen LogP) is 6.15. The van der Waals surface area contributed by atoms with Gasteiger partial charge in [-0.15, -0.1) is 0 Å². The van der Waals surface area contributed by atoms with Gasteiger partial charge >= 0.3 is 6.18 Å². The molecule has 0 saturated carbocycles. The van der Waals surface area contributed by atoms with Crippen LogP contribution in [0.2, 0.25) is 0 Å². The van der Waals surface area contributed by atoms with Gasteiger partial charge in [0.2, 0.25) is 0 Å². The Hall–Kier alpha value is -3.07. The van der Waals surface area contributed by atoms with Crippen molar-refractivity contribution in [1.29, 1.82) is 0 Å². The highest BCUT2D eigenvalue weighted by atomic mass is 32.1. The SMILES string of the molecule is CCCCCOc1ccc(NC(=S)NC(=O)c2cc3ccccc3o2)cc1C(F)(F)F. The third-order valence-corrected chi connectivity index (χ3v) is 4.63. The van der Waals surface area contributed by atoms with Crippen molar-refractivity contribution in [1.82, 2.24) is 5.32 Å². The summed E-state index contributed by atoms with van der Waals surface area (Å²) < 4.78 is 51.1. The van der Waals surface area contributed by atoms with Crippen molar-refractivity contribution in [3.8, 4) is 5.75 Å². The first-order valence-electron chi connectivity index (χ1n) is 9.73. The molecule has 9 heteroatoms. The molecule has 0 unspecified atom stereocenters. The first kappa shape index (κ1) is 22.6. The van der Waals surface area contributed by atoms with Crippen molar-refractivity contribution in [3.05, 3.63) is 59.9 Å². The van der Waals surface area contributed by atoms with Gasteiger partial charge in [0.05, 0.1) is 12.2 Å². The molecule has 1 amide bonds. The van der Waals surface area contributed by atoms with Gasteiger partial charge in [-0.05, 0) is 49.0 Å². The third-order valence-electron chi connectivity index (χ3n) is 4.42. The molecule has 0 atom stereocenters. The zero-order valence-corrected chi connectivity index (χ0v) is 17.5. The average molecular weight is 450 g/mol. The first-order valence-corrected chi connectivity index (χ1v) is 10.1. The lowest BCUT2D eigenvalue weighted by Gasteiger charge is -2.16. The van der Waals surface area contributed by atoms with Crippen molar-refractivity contribution >= 4 is 39.9 Å². The lowest BCUT2D eigenvalue weighted by Crippen LogP contribution is -2.34. The van der Waals surface area contributed by atoms with E-state index in [1.165, 1.54) is 12.1 Å². The van der Waals surface area contributed by atoms with E-state index in [9.17, 15) is 18.0 Å². The number of unbranched alkanes of at least 4 members (excludes halogenated alkanes) is 2. The number of alkyl halides is 3. The summed E-state index contributed by atoms with van der Waals surface area (Å²) in [4.78, 5) is 12.3. The van der Waals surface area contributed by atoms with Crippen LogP contribution >= 0.6 is 12.2 Å². The molecule has 0 radical (unpaired) electrons. The maximum absolute atomic E-state index is 13.5. The van der Waals surface area contributed by atoms with Gasteiger partial charge in [-0.2, -0.15) is 13.2 Å². The molecule has 2 aromatic carbocycles. The minimum Gasteiger partial charge on any atom is -0.493 e. The number of para-hydroxylation sites is 1. The number of fused-ring (bicyclic) bond motifs is 1. The van der Waals surface area contributed by atoms with Crippen LogP contribution in [0.5, 0.6) is 5.75 Å². The summed E-state index contributed by atoms with van der Waals surface area (Å²) >= 11 is 5.06. The zero-order valence-electron chi connectivity index (χ0n) is 16.7. The summed E-state index contributed by atoms with van der Waals surface area (Å²) in [5.74, 6) is -0.816. The summed E-state index contributed by atoms with van der Waals surface area (Å²) in [6, 6.07) is 12.2. The van der Waals surface area contributed by atoms with Gasteiger partial charge in [-0.3, -0.25) is 10.1 Å². The Balaban J connectivity index is 1.67. The molecule has 3 aromatic rings. The Morgan fingerprint density at radius 3 is 2.61 bits per heavy atom. The van der Waals surface area contributed by atoms with E-state index in [4.69, 9.17) is 21.4 Å². The quantitative estimate of drug-likeness (QED) is 0.334. The van der Waals surface area contributed by atoms with Crippen molar-refractivity contribution in [2.24, 2.45) is 0 Å². The molecule has 0 aliphatic rings. The van der Waals surface area contributed by atoms with Gasteiger partial charge < -0.3 is 14.5 Å². The number of hydrogen-bond acceptors (Lipinski definition) is 4. The van der Waals surface area contributed by atoms with E-state index in [2.05, 4.69) is 10.6 Å². The highest BCUT2D eigenvalue weighted by Crippen LogP contribution is 2.38. The largest absolute Gasteiger partial charge is 0.493 e. The van der Waals surface area contributed by atoms with Crippen molar-refractivity contribution in [2.75, 3.05) is 11.9 Å². The molecule has 5 nitrogen and oxygen atoms in total. The molecule has 3 rings (SSSR count). The average Bonchev–Trinajstić information content (AvgIpc) is 3.15. The number of thiocarbonyl (C=S) groups is 1. The number of rotatable bonds is 7. The number of hydrogen-bond donors (Lipinski definition) is 2. The molecule has 164 valence electrons. The number of amides is 1. The number of ether oxygens (including phenoxy) is 1. The zero-order chi connectivity index (χ0) is 22.4. The highest BCUT2D eigenvalue weighted by molar-refractivity contribution is 7.80. The van der Waals surface area contributed by atoms with E-state index in [1.807, 2.05) is 6.92 Å². The molecule has 1 heterocycles. The summed E-state index contributed by atoms with van der Waals surface area (Å²) in [5.41, 5.74) is -0.306. The number of benzene rings is 2. The Morgan fingerprint density at radius 1 is 1.13 bits per heavy atom. The summed E-state index contributed by atoms with van der Waals surface area (Å²) in [6.07, 6.45) is -2.11. The van der Waals surface area contributed by atoms with Gasteiger partial charge in [0.1, 0.15) is 11.3 Å². The van der Waals surface area contributed by atoms with Crippen LogP contribution < -0.4 is 15.4 Å². The van der Waals surface area contributed by atoms with Gasteiger partial charge in [0.25, 0.3) is 5.91 Å². The lowest BCUT2D eigenvalue weighted by molar-refractivity contribution is -0.138. The molecule has 0 aliphatic carbocycles. The molecule has 0 aliphatic heterocycles. The number of nitrogens with one attached hydrogen (secondary N) is 2. The van der Waals surface area contributed by atoms with Crippen LogP contribution in [0, 0.1) is 0 Å². The number of halogens is 3. The van der Waals surface area contributed by atoms with Crippen molar-refractivity contribution in [3.63, 3.8) is 0 Å². The van der Waals surface area contributed by atoms with Gasteiger partial charge in [-0.25, -0.2) is 0 Å². The highest BCUT2D eigenvalue weighted by Gasteiger charge is 2.34. The molecule has 0 saturated heterocycles. The summed E-state index contributed by atoms with van der Waals surface area (Å²) in [5, 5.41) is 5.59. The molecule has 0 bridgehead atoms. The smallest absolute Gasteiger partial charge is 0.420 e. The fraction of sp³-hybridized carbons (Fsp3) is 0.273. The van der Waals surface area contributed by atoms with Crippen molar-refractivity contribution in [2.45, 2.75) is 32.4 Å². The third kappa shape index (κ3) is 5.97. The topological polar surface area (TPSA) is 63.5 Å². The summed E-state index contributed by atoms with van der Waals surface area (Å²) in [7, 11) is 0. The Labute approximate surface area is 182 Å². The summed E-state index contributed by atoms with van der Waals surface area (Å²) in [6.45, 7) is 2.20. The van der Waals surface area contributed by atoms with Crippen LogP contribution in [-0.4, -0.2) is 17.6 Å². The van der Waals surface area contributed by atoms with E-state index in [-0.39, 0.29) is 28.9 Å². The predicted molar refractivity (Wildman–Crippen MR) is 116 cm³/mol. The minimum absolute atomic E-state index is 0.0390. The van der Waals surface area contributed by atoms with Crippen molar-refractivity contribution < 1.29 is 27.1 Å². The second-order valence-electron chi connectivity index (χ2n) is 6.82.